The van der Waals surface area contributed by atoms with Crippen LogP contribution >= 0.6 is 11.8 Å². The fourth-order valence-corrected chi connectivity index (χ4v) is 3.82. The highest BCUT2D eigenvalue weighted by Gasteiger charge is 2.24. The summed E-state index contributed by atoms with van der Waals surface area (Å²) in [5.74, 6) is 6.02. The predicted molar refractivity (Wildman–Crippen MR) is 99.4 cm³/mol. The number of nitrogens with two attached hydrogens (primary N) is 1. The van der Waals surface area contributed by atoms with Gasteiger partial charge in [-0.05, 0) is 30.2 Å². The molecule has 3 aromatic rings. The molecule has 1 aliphatic rings. The van der Waals surface area contributed by atoms with Gasteiger partial charge >= 0.3 is 0 Å². The number of fused-ring (bicyclic) bond motifs is 2. The molecule has 1 amide bonds. The molecule has 0 saturated heterocycles. The first-order chi connectivity index (χ1) is 12.1. The quantitative estimate of drug-likeness (QED) is 0.442. The Kier molecular flexibility index (Phi) is 3.93. The van der Waals surface area contributed by atoms with Crippen molar-refractivity contribution in [2.75, 3.05) is 23.0 Å². The molecule has 1 aliphatic heterocycles. The molecule has 0 fully saturated rings. The number of thioether (sulfide) groups is 1. The molecular formula is C18H16N4O2S. The summed E-state index contributed by atoms with van der Waals surface area (Å²) in [4.78, 5) is 31.1. The largest absolute Gasteiger partial charge is 0.334 e. The summed E-state index contributed by atoms with van der Waals surface area (Å²) in [5, 5.41) is 0.804. The minimum atomic E-state index is -0.313. The van der Waals surface area contributed by atoms with E-state index < -0.39 is 0 Å². The highest BCUT2D eigenvalue weighted by Crippen LogP contribution is 2.28. The van der Waals surface area contributed by atoms with E-state index in [0.717, 1.165) is 16.8 Å². The number of amides is 1. The Labute approximate surface area is 148 Å². The zero-order valence-corrected chi connectivity index (χ0v) is 14.2. The van der Waals surface area contributed by atoms with Crippen LogP contribution in [0, 0.1) is 0 Å². The lowest BCUT2D eigenvalue weighted by atomic mass is 10.2. The molecule has 0 unspecified atom stereocenters. The first-order valence-corrected chi connectivity index (χ1v) is 8.91. The lowest BCUT2D eigenvalue weighted by Gasteiger charge is -2.17. The maximum atomic E-state index is 12.6. The van der Waals surface area contributed by atoms with Crippen LogP contribution in [0.5, 0.6) is 0 Å². The van der Waals surface area contributed by atoms with Gasteiger partial charge in [0, 0.05) is 12.2 Å². The summed E-state index contributed by atoms with van der Waals surface area (Å²) in [6, 6.07) is 14.9. The number of hydrogen-bond donors (Lipinski definition) is 1. The van der Waals surface area contributed by atoms with Crippen LogP contribution in [0.3, 0.4) is 0 Å². The van der Waals surface area contributed by atoms with Crippen molar-refractivity contribution in [2.45, 2.75) is 11.6 Å². The van der Waals surface area contributed by atoms with Crippen molar-refractivity contribution in [1.82, 2.24) is 9.66 Å². The first-order valence-electron chi connectivity index (χ1n) is 7.93. The van der Waals surface area contributed by atoms with Crippen molar-refractivity contribution in [3.05, 3.63) is 64.4 Å². The Hall–Kier alpha value is -2.80. The van der Waals surface area contributed by atoms with Crippen molar-refractivity contribution >= 4 is 34.3 Å². The van der Waals surface area contributed by atoms with Gasteiger partial charge in [-0.25, -0.2) is 9.66 Å². The summed E-state index contributed by atoms with van der Waals surface area (Å²) >= 11 is 1.18. The Morgan fingerprint density at radius 3 is 2.80 bits per heavy atom. The van der Waals surface area contributed by atoms with Crippen LogP contribution in [0.2, 0.25) is 0 Å². The van der Waals surface area contributed by atoms with Crippen molar-refractivity contribution < 1.29 is 4.79 Å². The lowest BCUT2D eigenvalue weighted by molar-refractivity contribution is -0.116. The molecule has 2 aromatic carbocycles. The van der Waals surface area contributed by atoms with E-state index in [4.69, 9.17) is 5.84 Å². The second-order valence-corrected chi connectivity index (χ2v) is 6.74. The van der Waals surface area contributed by atoms with Gasteiger partial charge in [0.05, 0.1) is 16.7 Å². The van der Waals surface area contributed by atoms with Gasteiger partial charge < -0.3 is 10.7 Å². The number of carbonyl (C=O) groups excluding carboxylic acids is 1. The lowest BCUT2D eigenvalue weighted by Crippen LogP contribution is -2.32. The van der Waals surface area contributed by atoms with Crippen LogP contribution in [0.15, 0.2) is 58.5 Å². The Morgan fingerprint density at radius 1 is 1.16 bits per heavy atom. The van der Waals surface area contributed by atoms with Crippen LogP contribution in [0.4, 0.5) is 5.69 Å². The highest BCUT2D eigenvalue weighted by atomic mass is 32.2. The minimum Gasteiger partial charge on any atom is -0.334 e. The van der Waals surface area contributed by atoms with Gasteiger partial charge in [-0.3, -0.25) is 9.59 Å². The van der Waals surface area contributed by atoms with Crippen molar-refractivity contribution in [3.8, 4) is 0 Å². The standard InChI is InChI=1S/C18H16N4O2S/c19-22-17(24)13-6-2-3-7-14(13)20-18(22)25-11-16(23)21-10-9-12-5-1-4-8-15(12)21/h1-8H,9-11,19H2. The molecule has 2 heterocycles. The molecule has 2 N–H and O–H groups in total. The number of nitrogen functional groups attached to an aromatic ring is 1. The highest BCUT2D eigenvalue weighted by molar-refractivity contribution is 7.99. The van der Waals surface area contributed by atoms with Gasteiger partial charge in [-0.2, -0.15) is 0 Å². The van der Waals surface area contributed by atoms with Crippen LogP contribution in [-0.4, -0.2) is 27.9 Å². The molecule has 25 heavy (non-hydrogen) atoms. The maximum absolute atomic E-state index is 12.6. The van der Waals surface area contributed by atoms with E-state index in [1.54, 1.807) is 23.1 Å². The van der Waals surface area contributed by atoms with Crippen molar-refractivity contribution in [1.29, 1.82) is 0 Å². The molecule has 6 nitrogen and oxygen atoms in total. The number of carbonyl (C=O) groups is 1. The Morgan fingerprint density at radius 2 is 1.92 bits per heavy atom. The number of para-hydroxylation sites is 2. The number of hydrogen-bond acceptors (Lipinski definition) is 5. The summed E-state index contributed by atoms with van der Waals surface area (Å²) < 4.78 is 1.01. The average molecular weight is 352 g/mol. The van der Waals surface area contributed by atoms with Crippen LogP contribution < -0.4 is 16.3 Å². The fourth-order valence-electron chi connectivity index (χ4n) is 3.03. The van der Waals surface area contributed by atoms with E-state index in [2.05, 4.69) is 4.98 Å². The Balaban J connectivity index is 1.56. The molecule has 4 rings (SSSR count). The van der Waals surface area contributed by atoms with Crippen molar-refractivity contribution in [3.63, 3.8) is 0 Å². The van der Waals surface area contributed by atoms with Crippen LogP contribution in [0.1, 0.15) is 5.56 Å². The topological polar surface area (TPSA) is 81.2 Å². The van der Waals surface area contributed by atoms with Gasteiger partial charge in [0.25, 0.3) is 5.56 Å². The number of aromatic nitrogens is 2. The molecule has 1 aromatic heterocycles. The van der Waals surface area contributed by atoms with Crippen LogP contribution in [0.25, 0.3) is 10.9 Å². The third-order valence-corrected chi connectivity index (χ3v) is 5.23. The van der Waals surface area contributed by atoms with E-state index in [-0.39, 0.29) is 17.2 Å². The third-order valence-electron chi connectivity index (χ3n) is 4.29. The summed E-state index contributed by atoms with van der Waals surface area (Å²) in [6.45, 7) is 0.680. The zero-order valence-electron chi connectivity index (χ0n) is 13.4. The average Bonchev–Trinajstić information content (AvgIpc) is 3.07. The van der Waals surface area contributed by atoms with E-state index in [1.807, 2.05) is 30.3 Å². The number of benzene rings is 2. The number of rotatable bonds is 3. The molecule has 0 spiro atoms. The molecule has 0 aliphatic carbocycles. The zero-order chi connectivity index (χ0) is 17.4. The molecule has 126 valence electrons. The van der Waals surface area contributed by atoms with Gasteiger partial charge in [-0.15, -0.1) is 0 Å². The van der Waals surface area contributed by atoms with Gasteiger partial charge in [0.2, 0.25) is 5.91 Å². The van der Waals surface area contributed by atoms with Gasteiger partial charge in [0.1, 0.15) is 0 Å². The van der Waals surface area contributed by atoms with E-state index in [1.165, 1.54) is 17.3 Å². The number of nitrogens with zero attached hydrogens (tertiary/aromatic N) is 3. The molecule has 0 atom stereocenters. The molecule has 0 bridgehead atoms. The smallest absolute Gasteiger partial charge is 0.280 e. The summed E-state index contributed by atoms with van der Waals surface area (Å²) in [6.07, 6.45) is 0.863. The molecular weight excluding hydrogens is 336 g/mol. The fraction of sp³-hybridized carbons (Fsp3) is 0.167. The normalized spacial score (nSPS) is 13.2. The molecule has 7 heteroatoms. The predicted octanol–water partition coefficient (Wildman–Crippen LogP) is 1.79. The van der Waals surface area contributed by atoms with E-state index in [9.17, 15) is 9.59 Å². The molecule has 0 saturated carbocycles. The summed E-state index contributed by atoms with van der Waals surface area (Å²) in [7, 11) is 0. The summed E-state index contributed by atoms with van der Waals surface area (Å²) in [5.41, 5.74) is 2.41. The number of anilines is 1. The molecule has 0 radical (unpaired) electrons. The van der Waals surface area contributed by atoms with Gasteiger partial charge in [-0.1, -0.05) is 42.1 Å². The third kappa shape index (κ3) is 2.76. The maximum Gasteiger partial charge on any atom is 0.280 e. The van der Waals surface area contributed by atoms with Crippen LogP contribution in [-0.2, 0) is 11.2 Å². The second-order valence-electron chi connectivity index (χ2n) is 5.80. The van der Waals surface area contributed by atoms with Gasteiger partial charge in [0.15, 0.2) is 5.16 Å². The van der Waals surface area contributed by atoms with Crippen molar-refractivity contribution in [2.24, 2.45) is 0 Å². The first kappa shape index (κ1) is 15.7. The minimum absolute atomic E-state index is 0.0163. The second kappa shape index (κ2) is 6.25. The monoisotopic (exact) mass is 352 g/mol. The van der Waals surface area contributed by atoms with E-state index >= 15 is 0 Å². The Bertz CT molecular complexity index is 1030. The van der Waals surface area contributed by atoms with E-state index in [0.29, 0.717) is 22.6 Å². The SMILES string of the molecule is Nn1c(SCC(=O)N2CCc3ccccc32)nc2ccccc2c1=O.